The van der Waals surface area contributed by atoms with E-state index in [1.165, 1.54) is 12.3 Å². The quantitative estimate of drug-likeness (QED) is 0.671. The van der Waals surface area contributed by atoms with Crippen molar-refractivity contribution < 1.29 is 9.66 Å². The summed E-state index contributed by atoms with van der Waals surface area (Å²) in [6.45, 7) is 3.77. The summed E-state index contributed by atoms with van der Waals surface area (Å²) in [4.78, 5) is 14.8. The van der Waals surface area contributed by atoms with Gasteiger partial charge in [0.05, 0.1) is 16.8 Å². The molecule has 1 aromatic carbocycles. The zero-order chi connectivity index (χ0) is 15.4. The number of benzene rings is 1. The van der Waals surface area contributed by atoms with Crippen molar-refractivity contribution in [3.8, 4) is 11.5 Å². The molecule has 0 bridgehead atoms. The van der Waals surface area contributed by atoms with E-state index in [9.17, 15) is 10.1 Å². The van der Waals surface area contributed by atoms with Crippen molar-refractivity contribution in [1.82, 2.24) is 4.98 Å². The van der Waals surface area contributed by atoms with Gasteiger partial charge in [-0.15, -0.1) is 0 Å². The van der Waals surface area contributed by atoms with Gasteiger partial charge >= 0.3 is 5.69 Å². The van der Waals surface area contributed by atoms with Crippen molar-refractivity contribution in [1.29, 1.82) is 0 Å². The highest BCUT2D eigenvalue weighted by molar-refractivity contribution is 5.50. The molecule has 0 radical (unpaired) electrons. The number of nitrogens with zero attached hydrogens (tertiary/aromatic N) is 2. The summed E-state index contributed by atoms with van der Waals surface area (Å²) in [5.74, 6) is 0.633. The molecule has 110 valence electrons. The van der Waals surface area contributed by atoms with Crippen molar-refractivity contribution >= 4 is 5.69 Å². The highest BCUT2D eigenvalue weighted by Gasteiger charge is 2.16. The summed E-state index contributed by atoms with van der Waals surface area (Å²) in [7, 11) is 0. The molecule has 0 fully saturated rings. The average molecular weight is 287 g/mol. The van der Waals surface area contributed by atoms with Gasteiger partial charge < -0.3 is 10.5 Å². The second kappa shape index (κ2) is 6.32. The molecule has 2 aromatic rings. The Morgan fingerprint density at radius 1 is 1.38 bits per heavy atom. The van der Waals surface area contributed by atoms with E-state index in [2.05, 4.69) is 4.98 Å². The van der Waals surface area contributed by atoms with Gasteiger partial charge in [-0.3, -0.25) is 15.1 Å². The predicted octanol–water partition coefficient (Wildman–Crippen LogP) is 3.50. The van der Waals surface area contributed by atoms with Gasteiger partial charge in [0.15, 0.2) is 0 Å². The van der Waals surface area contributed by atoms with E-state index in [4.69, 9.17) is 10.5 Å². The molecule has 1 atom stereocenters. The zero-order valence-corrected chi connectivity index (χ0v) is 11.9. The average Bonchev–Trinajstić information content (AvgIpc) is 2.49. The van der Waals surface area contributed by atoms with Gasteiger partial charge in [-0.25, -0.2) is 0 Å². The highest BCUT2D eigenvalue weighted by Crippen LogP contribution is 2.32. The smallest absolute Gasteiger partial charge is 0.311 e. The highest BCUT2D eigenvalue weighted by atomic mass is 16.6. The van der Waals surface area contributed by atoms with Crippen molar-refractivity contribution in [3.63, 3.8) is 0 Å². The molecule has 21 heavy (non-hydrogen) atoms. The number of nitro groups is 1. The molecule has 0 aliphatic rings. The standard InChI is InChI=1S/C15H17N3O3/c1-3-12(16)13-6-5-11(9-17-13)21-15-7-4-10(2)8-14(15)18(19)20/h4-9,12H,3,16H2,1-2H3/t12-/m0/s1. The molecule has 0 aliphatic carbocycles. The molecule has 2 rings (SSSR count). The molecule has 1 heterocycles. The van der Waals surface area contributed by atoms with E-state index in [0.29, 0.717) is 5.75 Å². The second-order valence-electron chi connectivity index (χ2n) is 4.76. The molecule has 1 aromatic heterocycles. The van der Waals surface area contributed by atoms with Crippen molar-refractivity contribution in [2.24, 2.45) is 5.73 Å². The lowest BCUT2D eigenvalue weighted by molar-refractivity contribution is -0.385. The Kier molecular flexibility index (Phi) is 4.49. The van der Waals surface area contributed by atoms with Crippen LogP contribution in [0.1, 0.15) is 30.6 Å². The number of nitrogens with two attached hydrogens (primary N) is 1. The Morgan fingerprint density at radius 2 is 2.14 bits per heavy atom. The molecule has 6 heteroatoms. The number of hydrogen-bond acceptors (Lipinski definition) is 5. The first-order valence-corrected chi connectivity index (χ1v) is 6.65. The van der Waals surface area contributed by atoms with Gasteiger partial charge in [0.1, 0.15) is 5.75 Å². The normalized spacial score (nSPS) is 12.0. The maximum atomic E-state index is 11.0. The van der Waals surface area contributed by atoms with Crippen LogP contribution in [0.4, 0.5) is 5.69 Å². The number of aromatic nitrogens is 1. The minimum Gasteiger partial charge on any atom is -0.449 e. The largest absolute Gasteiger partial charge is 0.449 e. The van der Waals surface area contributed by atoms with Crippen LogP contribution in [0.5, 0.6) is 11.5 Å². The van der Waals surface area contributed by atoms with Crippen LogP contribution in [0.2, 0.25) is 0 Å². The van der Waals surface area contributed by atoms with Gasteiger partial charge in [0.25, 0.3) is 0 Å². The molecule has 0 spiro atoms. The van der Waals surface area contributed by atoms with Crippen LogP contribution in [0.25, 0.3) is 0 Å². The Balaban J connectivity index is 2.24. The lowest BCUT2D eigenvalue weighted by Gasteiger charge is -2.10. The zero-order valence-electron chi connectivity index (χ0n) is 11.9. The van der Waals surface area contributed by atoms with Crippen LogP contribution in [-0.2, 0) is 0 Å². The number of nitro benzene ring substituents is 1. The van der Waals surface area contributed by atoms with E-state index in [1.807, 2.05) is 6.92 Å². The fourth-order valence-electron chi connectivity index (χ4n) is 1.86. The Bertz CT molecular complexity index is 641. The fraction of sp³-hybridized carbons (Fsp3) is 0.267. The van der Waals surface area contributed by atoms with Crippen LogP contribution in [0, 0.1) is 17.0 Å². The molecular weight excluding hydrogens is 270 g/mol. The van der Waals surface area contributed by atoms with E-state index >= 15 is 0 Å². The lowest BCUT2D eigenvalue weighted by Crippen LogP contribution is -2.10. The summed E-state index contributed by atoms with van der Waals surface area (Å²) in [5, 5.41) is 11.0. The molecule has 6 nitrogen and oxygen atoms in total. The molecule has 0 saturated carbocycles. The van der Waals surface area contributed by atoms with Crippen LogP contribution < -0.4 is 10.5 Å². The molecule has 2 N–H and O–H groups in total. The maximum Gasteiger partial charge on any atom is 0.311 e. The Morgan fingerprint density at radius 3 is 2.71 bits per heavy atom. The molecule has 0 saturated heterocycles. The summed E-state index contributed by atoms with van der Waals surface area (Å²) in [6, 6.07) is 8.18. The molecule has 0 amide bonds. The first kappa shape index (κ1) is 14.9. The van der Waals surface area contributed by atoms with Crippen molar-refractivity contribution in [3.05, 3.63) is 57.9 Å². The number of rotatable bonds is 5. The minimum absolute atomic E-state index is 0.0654. The van der Waals surface area contributed by atoms with Crippen LogP contribution in [0.15, 0.2) is 36.5 Å². The molecular formula is C15H17N3O3. The summed E-state index contributed by atoms with van der Waals surface area (Å²) in [5.41, 5.74) is 7.39. The van der Waals surface area contributed by atoms with Gasteiger partial charge in [-0.1, -0.05) is 13.0 Å². The second-order valence-corrected chi connectivity index (χ2v) is 4.76. The maximum absolute atomic E-state index is 11.0. The van der Waals surface area contributed by atoms with Crippen LogP contribution in [0.3, 0.4) is 0 Å². The summed E-state index contributed by atoms with van der Waals surface area (Å²) < 4.78 is 5.55. The third-order valence-electron chi connectivity index (χ3n) is 3.12. The third kappa shape index (κ3) is 3.55. The van der Waals surface area contributed by atoms with Gasteiger partial charge in [-0.2, -0.15) is 0 Å². The van der Waals surface area contributed by atoms with Crippen LogP contribution >= 0.6 is 0 Å². The van der Waals surface area contributed by atoms with Crippen LogP contribution in [-0.4, -0.2) is 9.91 Å². The Labute approximate surface area is 122 Å². The Hall–Kier alpha value is -2.47. The fourth-order valence-corrected chi connectivity index (χ4v) is 1.86. The van der Waals surface area contributed by atoms with Gasteiger partial charge in [0.2, 0.25) is 5.75 Å². The van der Waals surface area contributed by atoms with Gasteiger partial charge in [-0.05, 0) is 37.1 Å². The predicted molar refractivity (Wildman–Crippen MR) is 79.4 cm³/mol. The van der Waals surface area contributed by atoms with Crippen molar-refractivity contribution in [2.45, 2.75) is 26.3 Å². The SMILES string of the molecule is CC[C@H](N)c1ccc(Oc2ccc(C)cc2[N+](=O)[O-])cn1. The summed E-state index contributed by atoms with van der Waals surface area (Å²) in [6.07, 6.45) is 2.31. The van der Waals surface area contributed by atoms with E-state index in [-0.39, 0.29) is 17.5 Å². The number of pyridine rings is 1. The first-order valence-electron chi connectivity index (χ1n) is 6.65. The summed E-state index contributed by atoms with van der Waals surface area (Å²) >= 11 is 0. The number of ether oxygens (including phenoxy) is 1. The molecule has 0 unspecified atom stereocenters. The van der Waals surface area contributed by atoms with E-state index in [0.717, 1.165) is 17.7 Å². The van der Waals surface area contributed by atoms with Crippen molar-refractivity contribution in [2.75, 3.05) is 0 Å². The number of hydrogen-bond donors (Lipinski definition) is 1. The third-order valence-corrected chi connectivity index (χ3v) is 3.12. The van der Waals surface area contributed by atoms with E-state index < -0.39 is 4.92 Å². The topological polar surface area (TPSA) is 91.3 Å². The number of aryl methyl sites for hydroxylation is 1. The molecule has 0 aliphatic heterocycles. The first-order chi connectivity index (χ1) is 10.0. The monoisotopic (exact) mass is 287 g/mol. The van der Waals surface area contributed by atoms with Gasteiger partial charge in [0, 0.05) is 12.1 Å². The lowest BCUT2D eigenvalue weighted by atomic mass is 10.1. The van der Waals surface area contributed by atoms with E-state index in [1.54, 1.807) is 31.2 Å². The minimum atomic E-state index is -0.461.